The highest BCUT2D eigenvalue weighted by atomic mass is 16.5. The van der Waals surface area contributed by atoms with E-state index in [1.165, 1.54) is 37.9 Å². The van der Waals surface area contributed by atoms with Crippen molar-refractivity contribution in [2.75, 3.05) is 47.6 Å². The van der Waals surface area contributed by atoms with Gasteiger partial charge in [-0.15, -0.1) is 0 Å². The van der Waals surface area contributed by atoms with Crippen LogP contribution in [-0.4, -0.2) is 62.0 Å². The monoisotopic (exact) mass is 515 g/mol. The first-order chi connectivity index (χ1) is 18.7. The zero-order chi connectivity index (χ0) is 26.3. The Bertz CT molecular complexity index is 1320. The normalized spacial score (nSPS) is 14.0. The van der Waals surface area contributed by atoms with Crippen molar-refractivity contribution >= 4 is 11.0 Å². The van der Waals surface area contributed by atoms with Crippen molar-refractivity contribution in [3.05, 3.63) is 66.2 Å². The van der Waals surface area contributed by atoms with Gasteiger partial charge in [0.25, 0.3) is 0 Å². The number of hydrogen-bond donors (Lipinski definition) is 0. The van der Waals surface area contributed by atoms with Gasteiger partial charge in [0.2, 0.25) is 5.75 Å². The molecule has 3 aromatic carbocycles. The van der Waals surface area contributed by atoms with Gasteiger partial charge in [-0.3, -0.25) is 0 Å². The molecule has 0 saturated carbocycles. The Balaban J connectivity index is 1.47. The highest BCUT2D eigenvalue weighted by Gasteiger charge is 2.20. The third kappa shape index (κ3) is 5.73. The number of hydrogen-bond acceptors (Lipinski definition) is 6. The molecule has 1 aliphatic heterocycles. The van der Waals surface area contributed by atoms with Gasteiger partial charge in [-0.25, -0.2) is 4.98 Å². The quantitative estimate of drug-likeness (QED) is 0.227. The van der Waals surface area contributed by atoms with Crippen LogP contribution in [0.4, 0.5) is 0 Å². The SMILES string of the molecule is COc1cc(-c2nc3ccc(OCCCN4CCCCC4)cc3n2Cc2ccccc2)cc(OC)c1OC. The summed E-state index contributed by atoms with van der Waals surface area (Å²) in [6.45, 7) is 4.90. The number of imidazole rings is 1. The number of nitrogens with zero attached hydrogens (tertiary/aromatic N) is 3. The first-order valence-electron chi connectivity index (χ1n) is 13.4. The summed E-state index contributed by atoms with van der Waals surface area (Å²) in [6.07, 6.45) is 5.02. The van der Waals surface area contributed by atoms with Crippen LogP contribution < -0.4 is 18.9 Å². The van der Waals surface area contributed by atoms with Crippen LogP contribution in [0.2, 0.25) is 0 Å². The molecule has 1 fully saturated rings. The Morgan fingerprint density at radius 2 is 1.55 bits per heavy atom. The smallest absolute Gasteiger partial charge is 0.203 e. The van der Waals surface area contributed by atoms with Gasteiger partial charge in [-0.1, -0.05) is 36.8 Å². The molecule has 5 rings (SSSR count). The second-order valence-corrected chi connectivity index (χ2v) is 9.68. The molecule has 7 heteroatoms. The van der Waals surface area contributed by atoms with Gasteiger partial charge < -0.3 is 28.4 Å². The van der Waals surface area contributed by atoms with Crippen molar-refractivity contribution in [1.82, 2.24) is 14.5 Å². The Kier molecular flexibility index (Phi) is 8.34. The van der Waals surface area contributed by atoms with E-state index in [9.17, 15) is 0 Å². The van der Waals surface area contributed by atoms with Crippen LogP contribution in [0.5, 0.6) is 23.0 Å². The van der Waals surface area contributed by atoms with Crippen molar-refractivity contribution in [3.8, 4) is 34.4 Å². The largest absolute Gasteiger partial charge is 0.493 e. The van der Waals surface area contributed by atoms with E-state index >= 15 is 0 Å². The molecule has 0 amide bonds. The summed E-state index contributed by atoms with van der Waals surface area (Å²) in [4.78, 5) is 7.58. The number of rotatable bonds is 11. The van der Waals surface area contributed by atoms with E-state index in [1.807, 2.05) is 30.3 Å². The summed E-state index contributed by atoms with van der Waals surface area (Å²) in [5.74, 6) is 3.44. The molecular weight excluding hydrogens is 478 g/mol. The zero-order valence-electron chi connectivity index (χ0n) is 22.6. The standard InChI is InChI=1S/C31H37N3O4/c1-35-28-19-24(20-29(36-2)30(28)37-3)31-32-26-14-13-25(38-18-10-17-33-15-8-5-9-16-33)21-27(26)34(31)22-23-11-6-4-7-12-23/h4,6-7,11-14,19-21H,5,8-10,15-18,22H2,1-3H3. The van der Waals surface area contributed by atoms with Gasteiger partial charge in [0.05, 0.1) is 39.0 Å². The van der Waals surface area contributed by atoms with Crippen LogP contribution in [0.1, 0.15) is 31.2 Å². The summed E-state index contributed by atoms with van der Waals surface area (Å²) < 4.78 is 25.2. The topological polar surface area (TPSA) is 58.0 Å². The molecule has 7 nitrogen and oxygen atoms in total. The molecule has 2 heterocycles. The molecule has 1 saturated heterocycles. The minimum absolute atomic E-state index is 0.560. The third-order valence-corrected chi connectivity index (χ3v) is 7.16. The van der Waals surface area contributed by atoms with E-state index in [-0.39, 0.29) is 0 Å². The van der Waals surface area contributed by atoms with Gasteiger partial charge in [0.1, 0.15) is 11.6 Å². The Hall–Kier alpha value is -3.71. The van der Waals surface area contributed by atoms with E-state index in [0.29, 0.717) is 30.4 Å². The Morgan fingerprint density at radius 1 is 0.816 bits per heavy atom. The van der Waals surface area contributed by atoms with Crippen molar-refractivity contribution in [2.45, 2.75) is 32.2 Å². The fourth-order valence-electron chi connectivity index (χ4n) is 5.21. The second-order valence-electron chi connectivity index (χ2n) is 9.68. The number of benzene rings is 3. The van der Waals surface area contributed by atoms with Crippen LogP contribution in [0.3, 0.4) is 0 Å². The van der Waals surface area contributed by atoms with E-state index in [0.717, 1.165) is 41.1 Å². The summed E-state index contributed by atoms with van der Waals surface area (Å²) in [6, 6.07) is 20.5. The summed E-state index contributed by atoms with van der Waals surface area (Å²) >= 11 is 0. The van der Waals surface area contributed by atoms with Crippen LogP contribution in [0, 0.1) is 0 Å². The average Bonchev–Trinajstić information content (AvgIpc) is 3.33. The van der Waals surface area contributed by atoms with E-state index in [1.54, 1.807) is 21.3 Å². The first kappa shape index (κ1) is 25.9. The van der Waals surface area contributed by atoms with Crippen LogP contribution in [-0.2, 0) is 6.54 Å². The minimum atomic E-state index is 0.560. The van der Waals surface area contributed by atoms with Crippen molar-refractivity contribution in [3.63, 3.8) is 0 Å². The summed E-state index contributed by atoms with van der Waals surface area (Å²) in [5, 5.41) is 0. The molecule has 0 radical (unpaired) electrons. The zero-order valence-corrected chi connectivity index (χ0v) is 22.6. The van der Waals surface area contributed by atoms with Crippen LogP contribution in [0.15, 0.2) is 60.7 Å². The van der Waals surface area contributed by atoms with Gasteiger partial charge >= 0.3 is 0 Å². The molecule has 1 aromatic heterocycles. The van der Waals surface area contributed by atoms with E-state index < -0.39 is 0 Å². The Labute approximate surface area is 224 Å². The minimum Gasteiger partial charge on any atom is -0.493 e. The van der Waals surface area contributed by atoms with Crippen LogP contribution in [0.25, 0.3) is 22.4 Å². The first-order valence-corrected chi connectivity index (χ1v) is 13.4. The summed E-state index contributed by atoms with van der Waals surface area (Å²) in [7, 11) is 4.87. The molecule has 0 atom stereocenters. The number of aromatic nitrogens is 2. The van der Waals surface area contributed by atoms with Gasteiger partial charge in [-0.05, 0) is 62.2 Å². The van der Waals surface area contributed by atoms with Gasteiger partial charge in [0.15, 0.2) is 11.5 Å². The number of piperidine rings is 1. The van der Waals surface area contributed by atoms with Gasteiger partial charge in [-0.2, -0.15) is 0 Å². The lowest BCUT2D eigenvalue weighted by atomic mass is 10.1. The molecule has 0 spiro atoms. The highest BCUT2D eigenvalue weighted by Crippen LogP contribution is 2.41. The predicted octanol–water partition coefficient (Wildman–Crippen LogP) is 6.03. The molecule has 0 unspecified atom stereocenters. The molecule has 200 valence electrons. The van der Waals surface area contributed by atoms with Crippen LogP contribution >= 0.6 is 0 Å². The fraction of sp³-hybridized carbons (Fsp3) is 0.387. The second kappa shape index (κ2) is 12.2. The van der Waals surface area contributed by atoms with Crippen molar-refractivity contribution < 1.29 is 18.9 Å². The molecule has 38 heavy (non-hydrogen) atoms. The molecule has 0 bridgehead atoms. The lowest BCUT2D eigenvalue weighted by Crippen LogP contribution is -2.31. The number of likely N-dealkylation sites (tertiary alicyclic amines) is 1. The summed E-state index contributed by atoms with van der Waals surface area (Å²) in [5.41, 5.74) is 4.00. The maximum Gasteiger partial charge on any atom is 0.203 e. The number of ether oxygens (including phenoxy) is 4. The molecule has 0 aliphatic carbocycles. The molecular formula is C31H37N3O4. The highest BCUT2D eigenvalue weighted by molar-refractivity contribution is 5.83. The van der Waals surface area contributed by atoms with E-state index in [4.69, 9.17) is 23.9 Å². The lowest BCUT2D eigenvalue weighted by Gasteiger charge is -2.26. The van der Waals surface area contributed by atoms with Crippen molar-refractivity contribution in [2.24, 2.45) is 0 Å². The fourth-order valence-corrected chi connectivity index (χ4v) is 5.21. The average molecular weight is 516 g/mol. The maximum atomic E-state index is 6.20. The number of fused-ring (bicyclic) bond motifs is 1. The third-order valence-electron chi connectivity index (χ3n) is 7.16. The van der Waals surface area contributed by atoms with Crippen molar-refractivity contribution in [1.29, 1.82) is 0 Å². The number of methoxy groups -OCH3 is 3. The Morgan fingerprint density at radius 3 is 2.24 bits per heavy atom. The van der Waals surface area contributed by atoms with E-state index in [2.05, 4.69) is 39.8 Å². The molecule has 1 aliphatic rings. The predicted molar refractivity (Wildman–Crippen MR) is 151 cm³/mol. The molecule has 4 aromatic rings. The van der Waals surface area contributed by atoms with Gasteiger partial charge in [0, 0.05) is 24.7 Å². The molecule has 0 N–H and O–H groups in total. The lowest BCUT2D eigenvalue weighted by molar-refractivity contribution is 0.205. The maximum absolute atomic E-state index is 6.20.